The standard InChI is InChI=1S/C13H20N2O2/c1-3-8-14(12(2)16)11-7-13(17)15-9-5-4-6-10-15/h1H,4-11H2,2H3. The maximum atomic E-state index is 11.9. The number of rotatable bonds is 4. The molecule has 1 fully saturated rings. The predicted molar refractivity (Wildman–Crippen MR) is 66.1 cm³/mol. The van der Waals surface area contributed by atoms with Crippen LogP contribution in [0.1, 0.15) is 32.6 Å². The van der Waals surface area contributed by atoms with Crippen molar-refractivity contribution >= 4 is 11.8 Å². The van der Waals surface area contributed by atoms with Gasteiger partial charge in [0.1, 0.15) is 0 Å². The Kier molecular flexibility index (Phi) is 5.55. The van der Waals surface area contributed by atoms with Gasteiger partial charge in [0.15, 0.2) is 0 Å². The molecule has 0 spiro atoms. The highest BCUT2D eigenvalue weighted by atomic mass is 16.2. The van der Waals surface area contributed by atoms with Crippen LogP contribution in [0.2, 0.25) is 0 Å². The van der Waals surface area contributed by atoms with E-state index in [0.29, 0.717) is 13.0 Å². The lowest BCUT2D eigenvalue weighted by Crippen LogP contribution is -2.38. The Morgan fingerprint density at radius 3 is 2.47 bits per heavy atom. The maximum Gasteiger partial charge on any atom is 0.224 e. The number of carbonyl (C=O) groups excluding carboxylic acids is 2. The largest absolute Gasteiger partial charge is 0.343 e. The summed E-state index contributed by atoms with van der Waals surface area (Å²) in [5.74, 6) is 2.49. The second-order valence-corrected chi connectivity index (χ2v) is 4.34. The Labute approximate surface area is 103 Å². The topological polar surface area (TPSA) is 40.6 Å². The third-order valence-corrected chi connectivity index (χ3v) is 3.03. The molecule has 0 aromatic carbocycles. The Hall–Kier alpha value is -1.50. The summed E-state index contributed by atoms with van der Waals surface area (Å²) in [6.07, 6.45) is 8.94. The molecule has 0 radical (unpaired) electrons. The van der Waals surface area contributed by atoms with Crippen LogP contribution < -0.4 is 0 Å². The number of nitrogens with zero attached hydrogens (tertiary/aromatic N) is 2. The van der Waals surface area contributed by atoms with Gasteiger partial charge in [0, 0.05) is 33.0 Å². The van der Waals surface area contributed by atoms with Gasteiger partial charge in [-0.3, -0.25) is 9.59 Å². The highest BCUT2D eigenvalue weighted by molar-refractivity contribution is 5.78. The summed E-state index contributed by atoms with van der Waals surface area (Å²) in [7, 11) is 0. The van der Waals surface area contributed by atoms with Crippen molar-refractivity contribution in [3.05, 3.63) is 0 Å². The first-order valence-electron chi connectivity index (χ1n) is 6.12. The van der Waals surface area contributed by atoms with Gasteiger partial charge in [-0.25, -0.2) is 0 Å². The molecule has 1 saturated heterocycles. The van der Waals surface area contributed by atoms with Crippen molar-refractivity contribution in [2.75, 3.05) is 26.2 Å². The average molecular weight is 236 g/mol. The zero-order chi connectivity index (χ0) is 12.7. The van der Waals surface area contributed by atoms with Crippen LogP contribution in [-0.2, 0) is 9.59 Å². The number of carbonyl (C=O) groups is 2. The minimum Gasteiger partial charge on any atom is -0.343 e. The molecule has 1 heterocycles. The third kappa shape index (κ3) is 4.48. The Morgan fingerprint density at radius 1 is 1.29 bits per heavy atom. The molecule has 0 aromatic heterocycles. The molecule has 1 aliphatic rings. The Balaban J connectivity index is 2.35. The highest BCUT2D eigenvalue weighted by Crippen LogP contribution is 2.10. The molecular weight excluding hydrogens is 216 g/mol. The lowest BCUT2D eigenvalue weighted by atomic mass is 10.1. The van der Waals surface area contributed by atoms with Gasteiger partial charge in [-0.2, -0.15) is 0 Å². The molecule has 0 aromatic rings. The smallest absolute Gasteiger partial charge is 0.224 e. The lowest BCUT2D eigenvalue weighted by molar-refractivity contribution is -0.133. The minimum absolute atomic E-state index is 0.0746. The second-order valence-electron chi connectivity index (χ2n) is 4.34. The van der Waals surface area contributed by atoms with Crippen molar-refractivity contribution in [2.24, 2.45) is 0 Å². The molecule has 94 valence electrons. The van der Waals surface area contributed by atoms with E-state index in [2.05, 4.69) is 5.92 Å². The first-order valence-corrected chi connectivity index (χ1v) is 6.12. The van der Waals surface area contributed by atoms with E-state index in [-0.39, 0.29) is 18.4 Å². The van der Waals surface area contributed by atoms with Gasteiger partial charge in [0.25, 0.3) is 0 Å². The van der Waals surface area contributed by atoms with Crippen molar-refractivity contribution in [3.8, 4) is 12.3 Å². The van der Waals surface area contributed by atoms with E-state index >= 15 is 0 Å². The number of piperidine rings is 1. The van der Waals surface area contributed by atoms with Crippen LogP contribution in [0.25, 0.3) is 0 Å². The molecule has 0 atom stereocenters. The van der Waals surface area contributed by atoms with Gasteiger partial charge in [-0.05, 0) is 19.3 Å². The van der Waals surface area contributed by atoms with Crippen LogP contribution in [0.5, 0.6) is 0 Å². The van der Waals surface area contributed by atoms with E-state index in [1.165, 1.54) is 18.2 Å². The molecule has 17 heavy (non-hydrogen) atoms. The Morgan fingerprint density at radius 2 is 1.94 bits per heavy atom. The molecule has 4 nitrogen and oxygen atoms in total. The molecule has 0 unspecified atom stereocenters. The fourth-order valence-electron chi connectivity index (χ4n) is 1.99. The molecular formula is C13H20N2O2. The summed E-state index contributed by atoms with van der Waals surface area (Å²) in [4.78, 5) is 26.5. The first kappa shape index (κ1) is 13.6. The van der Waals surface area contributed by atoms with E-state index in [9.17, 15) is 9.59 Å². The zero-order valence-corrected chi connectivity index (χ0v) is 10.4. The van der Waals surface area contributed by atoms with Crippen molar-refractivity contribution in [3.63, 3.8) is 0 Å². The monoisotopic (exact) mass is 236 g/mol. The molecule has 0 N–H and O–H groups in total. The van der Waals surface area contributed by atoms with Crippen molar-refractivity contribution < 1.29 is 9.59 Å². The van der Waals surface area contributed by atoms with E-state index in [1.807, 2.05) is 4.90 Å². The van der Waals surface area contributed by atoms with Gasteiger partial charge < -0.3 is 9.80 Å². The molecule has 0 aliphatic carbocycles. The van der Waals surface area contributed by atoms with E-state index < -0.39 is 0 Å². The zero-order valence-electron chi connectivity index (χ0n) is 10.4. The molecule has 1 aliphatic heterocycles. The fourth-order valence-corrected chi connectivity index (χ4v) is 1.99. The van der Waals surface area contributed by atoms with Crippen LogP contribution in [0.4, 0.5) is 0 Å². The molecule has 1 rings (SSSR count). The molecule has 0 bridgehead atoms. The number of likely N-dealkylation sites (tertiary alicyclic amines) is 1. The molecule has 2 amide bonds. The second kappa shape index (κ2) is 6.95. The normalized spacial score (nSPS) is 15.2. The van der Waals surface area contributed by atoms with Crippen molar-refractivity contribution in [1.82, 2.24) is 9.80 Å². The predicted octanol–water partition coefficient (Wildman–Crippen LogP) is 0.871. The lowest BCUT2D eigenvalue weighted by Gasteiger charge is -2.27. The summed E-state index contributed by atoms with van der Waals surface area (Å²) >= 11 is 0. The van der Waals surface area contributed by atoms with Crippen LogP contribution in [0, 0.1) is 12.3 Å². The van der Waals surface area contributed by atoms with E-state index in [4.69, 9.17) is 6.42 Å². The SMILES string of the molecule is C#CCN(CCC(=O)N1CCCCC1)C(C)=O. The van der Waals surface area contributed by atoms with Gasteiger partial charge >= 0.3 is 0 Å². The summed E-state index contributed by atoms with van der Waals surface area (Å²) < 4.78 is 0. The molecule has 4 heteroatoms. The van der Waals surface area contributed by atoms with Gasteiger partial charge in [-0.1, -0.05) is 5.92 Å². The Bertz CT molecular complexity index is 314. The van der Waals surface area contributed by atoms with Gasteiger partial charge in [0.05, 0.1) is 6.54 Å². The minimum atomic E-state index is -0.0746. The summed E-state index contributed by atoms with van der Waals surface area (Å²) in [6.45, 7) is 3.89. The van der Waals surface area contributed by atoms with Crippen LogP contribution >= 0.6 is 0 Å². The third-order valence-electron chi connectivity index (χ3n) is 3.03. The highest BCUT2D eigenvalue weighted by Gasteiger charge is 2.17. The van der Waals surface area contributed by atoms with E-state index in [1.54, 1.807) is 0 Å². The summed E-state index contributed by atoms with van der Waals surface area (Å²) in [6, 6.07) is 0. The van der Waals surface area contributed by atoms with Crippen molar-refractivity contribution in [1.29, 1.82) is 0 Å². The van der Waals surface area contributed by atoms with Gasteiger partial charge in [0.2, 0.25) is 11.8 Å². The van der Waals surface area contributed by atoms with Crippen LogP contribution in [0.3, 0.4) is 0 Å². The maximum absolute atomic E-state index is 11.9. The van der Waals surface area contributed by atoms with Crippen molar-refractivity contribution in [2.45, 2.75) is 32.6 Å². The molecule has 0 saturated carbocycles. The summed E-state index contributed by atoms with van der Waals surface area (Å²) in [5, 5.41) is 0. The van der Waals surface area contributed by atoms with Gasteiger partial charge in [-0.15, -0.1) is 6.42 Å². The quantitative estimate of drug-likeness (QED) is 0.680. The number of hydrogen-bond donors (Lipinski definition) is 0. The fraction of sp³-hybridized carbons (Fsp3) is 0.692. The first-order chi connectivity index (χ1) is 8.15. The number of amides is 2. The summed E-state index contributed by atoms with van der Waals surface area (Å²) in [5.41, 5.74) is 0. The van der Waals surface area contributed by atoms with Crippen LogP contribution in [-0.4, -0.2) is 47.8 Å². The van der Waals surface area contributed by atoms with Crippen LogP contribution in [0.15, 0.2) is 0 Å². The number of terminal acetylenes is 1. The average Bonchev–Trinajstić information content (AvgIpc) is 2.34. The van der Waals surface area contributed by atoms with E-state index in [0.717, 1.165) is 25.9 Å². The number of hydrogen-bond acceptors (Lipinski definition) is 2.